The Morgan fingerprint density at radius 3 is 2.43 bits per heavy atom. The molecule has 0 radical (unpaired) electrons. The van der Waals surface area contributed by atoms with Crippen molar-refractivity contribution in [2.75, 3.05) is 18.3 Å². The number of carbonyl (C=O) groups is 1. The van der Waals surface area contributed by atoms with Crippen LogP contribution in [0.3, 0.4) is 0 Å². The molecular formula is C12H16F2N2O4S. The summed E-state index contributed by atoms with van der Waals surface area (Å²) in [5.74, 6) is -4.27. The van der Waals surface area contributed by atoms with Crippen LogP contribution in [0.5, 0.6) is 0 Å². The monoisotopic (exact) mass is 322 g/mol. The smallest absolute Gasteiger partial charge is 0.337 e. The van der Waals surface area contributed by atoms with Crippen LogP contribution in [0.15, 0.2) is 12.1 Å². The fourth-order valence-electron chi connectivity index (χ4n) is 1.53. The molecule has 21 heavy (non-hydrogen) atoms. The third-order valence-electron chi connectivity index (χ3n) is 2.77. The lowest BCUT2D eigenvalue weighted by Crippen LogP contribution is -2.33. The first-order valence-electron chi connectivity index (χ1n) is 6.15. The van der Waals surface area contributed by atoms with Crippen molar-refractivity contribution in [3.63, 3.8) is 0 Å². The van der Waals surface area contributed by atoms with Gasteiger partial charge in [0.05, 0.1) is 11.3 Å². The van der Waals surface area contributed by atoms with E-state index in [-0.39, 0.29) is 6.54 Å². The number of unbranched alkanes of at least 4 members (excludes halogenated alkanes) is 1. The van der Waals surface area contributed by atoms with Gasteiger partial charge in [0.25, 0.3) is 0 Å². The average Bonchev–Trinajstić information content (AvgIpc) is 2.39. The number of benzene rings is 1. The highest BCUT2D eigenvalue weighted by Crippen LogP contribution is 2.22. The van der Waals surface area contributed by atoms with Crippen LogP contribution in [0.1, 0.15) is 30.1 Å². The van der Waals surface area contributed by atoms with E-state index in [0.717, 1.165) is 10.7 Å². The van der Waals surface area contributed by atoms with Gasteiger partial charge in [0.1, 0.15) is 0 Å². The maximum absolute atomic E-state index is 13.2. The maximum atomic E-state index is 13.2. The SMILES string of the molecule is CCCCN(C)S(=O)(=O)Nc1cc(F)c(F)cc1C(=O)O. The molecule has 0 spiro atoms. The summed E-state index contributed by atoms with van der Waals surface area (Å²) in [5.41, 5.74) is -1.19. The lowest BCUT2D eigenvalue weighted by atomic mass is 10.2. The Morgan fingerprint density at radius 1 is 1.33 bits per heavy atom. The van der Waals surface area contributed by atoms with Crippen LogP contribution in [0.25, 0.3) is 0 Å². The van der Waals surface area contributed by atoms with Crippen LogP contribution in [-0.4, -0.2) is 37.4 Å². The zero-order chi connectivity index (χ0) is 16.2. The summed E-state index contributed by atoms with van der Waals surface area (Å²) >= 11 is 0. The maximum Gasteiger partial charge on any atom is 0.337 e. The molecule has 0 atom stereocenters. The summed E-state index contributed by atoms with van der Waals surface area (Å²) in [6, 6.07) is 0.936. The van der Waals surface area contributed by atoms with Crippen LogP contribution >= 0.6 is 0 Å². The first kappa shape index (κ1) is 17.3. The second-order valence-electron chi connectivity index (χ2n) is 4.40. The number of nitrogens with one attached hydrogen (secondary N) is 1. The van der Waals surface area contributed by atoms with E-state index in [4.69, 9.17) is 5.11 Å². The molecule has 0 aromatic heterocycles. The summed E-state index contributed by atoms with van der Waals surface area (Å²) < 4.78 is 53.1. The van der Waals surface area contributed by atoms with Crippen molar-refractivity contribution in [2.24, 2.45) is 0 Å². The van der Waals surface area contributed by atoms with Gasteiger partial charge in [-0.05, 0) is 12.5 Å². The third-order valence-corrected chi connectivity index (χ3v) is 4.25. The number of carboxylic acids is 1. The van der Waals surface area contributed by atoms with E-state index in [2.05, 4.69) is 0 Å². The van der Waals surface area contributed by atoms with E-state index in [9.17, 15) is 22.0 Å². The molecule has 1 rings (SSSR count). The van der Waals surface area contributed by atoms with Gasteiger partial charge in [-0.2, -0.15) is 12.7 Å². The molecule has 0 aliphatic carbocycles. The van der Waals surface area contributed by atoms with Crippen molar-refractivity contribution in [3.8, 4) is 0 Å². The summed E-state index contributed by atoms with van der Waals surface area (Å²) in [6.07, 6.45) is 1.38. The molecule has 0 aliphatic heterocycles. The Balaban J connectivity index is 3.12. The van der Waals surface area contributed by atoms with E-state index >= 15 is 0 Å². The Bertz CT molecular complexity index is 634. The summed E-state index contributed by atoms with van der Waals surface area (Å²) in [4.78, 5) is 11.0. The minimum atomic E-state index is -4.04. The van der Waals surface area contributed by atoms with Crippen molar-refractivity contribution >= 4 is 21.9 Å². The molecular weight excluding hydrogens is 306 g/mol. The van der Waals surface area contributed by atoms with E-state index < -0.39 is 39.1 Å². The number of aromatic carboxylic acids is 1. The topological polar surface area (TPSA) is 86.7 Å². The van der Waals surface area contributed by atoms with Gasteiger partial charge in [-0.25, -0.2) is 13.6 Å². The minimum absolute atomic E-state index is 0.220. The van der Waals surface area contributed by atoms with E-state index in [0.29, 0.717) is 18.6 Å². The molecule has 0 saturated heterocycles. The number of carboxylic acid groups (broad SMARTS) is 1. The molecule has 9 heteroatoms. The van der Waals surface area contributed by atoms with Gasteiger partial charge >= 0.3 is 16.2 Å². The van der Waals surface area contributed by atoms with Gasteiger partial charge in [-0.1, -0.05) is 13.3 Å². The Hall–Kier alpha value is -1.74. The highest BCUT2D eigenvalue weighted by molar-refractivity contribution is 7.90. The van der Waals surface area contributed by atoms with Crippen LogP contribution in [0.4, 0.5) is 14.5 Å². The number of rotatable bonds is 7. The van der Waals surface area contributed by atoms with Crippen LogP contribution < -0.4 is 4.72 Å². The summed E-state index contributed by atoms with van der Waals surface area (Å²) in [5, 5.41) is 8.92. The van der Waals surface area contributed by atoms with Gasteiger partial charge in [-0.3, -0.25) is 4.72 Å². The van der Waals surface area contributed by atoms with Crippen molar-refractivity contribution < 1.29 is 27.1 Å². The summed E-state index contributed by atoms with van der Waals surface area (Å²) in [6.45, 7) is 2.10. The van der Waals surface area contributed by atoms with E-state index in [1.807, 2.05) is 11.6 Å². The number of anilines is 1. The molecule has 0 saturated carbocycles. The molecule has 0 fully saturated rings. The molecule has 1 aromatic rings. The molecule has 0 amide bonds. The Morgan fingerprint density at radius 2 is 1.90 bits per heavy atom. The Kier molecular flexibility index (Phi) is 5.62. The number of hydrogen-bond acceptors (Lipinski definition) is 3. The van der Waals surface area contributed by atoms with Crippen molar-refractivity contribution in [2.45, 2.75) is 19.8 Å². The number of halogens is 2. The Labute approximate surface area is 121 Å². The van der Waals surface area contributed by atoms with Gasteiger partial charge < -0.3 is 5.11 Å². The standard InChI is InChI=1S/C12H16F2N2O4S/c1-3-4-5-16(2)21(19,20)15-11-7-10(14)9(13)6-8(11)12(17)18/h6-7,15H,3-5H2,1-2H3,(H,17,18). The van der Waals surface area contributed by atoms with Gasteiger partial charge in [0, 0.05) is 19.7 Å². The molecule has 0 bridgehead atoms. The van der Waals surface area contributed by atoms with Crippen molar-refractivity contribution in [1.82, 2.24) is 4.31 Å². The highest BCUT2D eigenvalue weighted by Gasteiger charge is 2.22. The molecule has 2 N–H and O–H groups in total. The quantitative estimate of drug-likeness (QED) is 0.804. The average molecular weight is 322 g/mol. The van der Waals surface area contributed by atoms with Crippen molar-refractivity contribution in [1.29, 1.82) is 0 Å². The van der Waals surface area contributed by atoms with Gasteiger partial charge in [0.2, 0.25) is 0 Å². The predicted octanol–water partition coefficient (Wildman–Crippen LogP) is 2.05. The van der Waals surface area contributed by atoms with Crippen molar-refractivity contribution in [3.05, 3.63) is 29.3 Å². The van der Waals surface area contributed by atoms with Crippen LogP contribution in [-0.2, 0) is 10.2 Å². The molecule has 0 aliphatic rings. The lowest BCUT2D eigenvalue weighted by molar-refractivity contribution is 0.0697. The lowest BCUT2D eigenvalue weighted by Gasteiger charge is -2.19. The van der Waals surface area contributed by atoms with E-state index in [1.54, 1.807) is 0 Å². The zero-order valence-electron chi connectivity index (χ0n) is 11.6. The first-order chi connectivity index (χ1) is 9.69. The number of hydrogen-bond donors (Lipinski definition) is 2. The van der Waals surface area contributed by atoms with Gasteiger partial charge in [-0.15, -0.1) is 0 Å². The summed E-state index contributed by atoms with van der Waals surface area (Å²) in [7, 11) is -2.74. The first-order valence-corrected chi connectivity index (χ1v) is 7.59. The van der Waals surface area contributed by atoms with Gasteiger partial charge in [0.15, 0.2) is 11.6 Å². The molecule has 6 nitrogen and oxygen atoms in total. The molecule has 118 valence electrons. The number of nitrogens with zero attached hydrogens (tertiary/aromatic N) is 1. The largest absolute Gasteiger partial charge is 0.478 e. The van der Waals surface area contributed by atoms with E-state index in [1.165, 1.54) is 7.05 Å². The second-order valence-corrected chi connectivity index (χ2v) is 6.18. The fourth-order valence-corrected chi connectivity index (χ4v) is 2.50. The van der Waals surface area contributed by atoms with Crippen LogP contribution in [0, 0.1) is 11.6 Å². The second kappa shape index (κ2) is 6.81. The zero-order valence-corrected chi connectivity index (χ0v) is 12.4. The fraction of sp³-hybridized carbons (Fsp3) is 0.417. The van der Waals surface area contributed by atoms with Crippen LogP contribution in [0.2, 0.25) is 0 Å². The normalized spacial score (nSPS) is 11.7. The molecule has 1 aromatic carbocycles. The third kappa shape index (κ3) is 4.36. The minimum Gasteiger partial charge on any atom is -0.478 e. The molecule has 0 unspecified atom stereocenters. The predicted molar refractivity (Wildman–Crippen MR) is 73.4 cm³/mol. The highest BCUT2D eigenvalue weighted by atomic mass is 32.2. The molecule has 0 heterocycles.